The first kappa shape index (κ1) is 11.5. The lowest BCUT2D eigenvalue weighted by molar-refractivity contribution is 0.375. The lowest BCUT2D eigenvalue weighted by atomic mass is 10.2. The zero-order valence-electron chi connectivity index (χ0n) is 9.54. The molecule has 0 spiro atoms. The van der Waals surface area contributed by atoms with Crippen molar-refractivity contribution < 1.29 is 4.52 Å². The summed E-state index contributed by atoms with van der Waals surface area (Å²) < 4.78 is 4.89. The predicted octanol–water partition coefficient (Wildman–Crippen LogP) is 1.92. The number of nitrogens with one attached hydrogen (secondary N) is 1. The van der Waals surface area contributed by atoms with E-state index in [1.165, 1.54) is 11.9 Å². The van der Waals surface area contributed by atoms with Gasteiger partial charge in [-0.15, -0.1) is 0 Å². The van der Waals surface area contributed by atoms with Gasteiger partial charge in [-0.2, -0.15) is 4.98 Å². The van der Waals surface area contributed by atoms with Crippen LogP contribution >= 0.6 is 0 Å². The topological polar surface area (TPSA) is 51.0 Å². The molecule has 1 aromatic heterocycles. The van der Waals surface area contributed by atoms with E-state index in [1.807, 2.05) is 18.2 Å². The lowest BCUT2D eigenvalue weighted by Gasteiger charge is -1.97. The molecule has 0 amide bonds. The van der Waals surface area contributed by atoms with Gasteiger partial charge in [0.1, 0.15) is 0 Å². The molecule has 1 aromatic carbocycles. The molecule has 0 radical (unpaired) electrons. The van der Waals surface area contributed by atoms with Crippen molar-refractivity contribution in [3.63, 3.8) is 0 Å². The number of hydrogen-bond donors (Lipinski definition) is 1. The van der Waals surface area contributed by atoms with Gasteiger partial charge in [-0.25, -0.2) is 0 Å². The van der Waals surface area contributed by atoms with E-state index in [4.69, 9.17) is 4.52 Å². The maximum atomic E-state index is 4.89. The van der Waals surface area contributed by atoms with E-state index in [0.29, 0.717) is 5.89 Å². The second-order valence-electron chi connectivity index (χ2n) is 3.60. The van der Waals surface area contributed by atoms with Crippen LogP contribution in [0.1, 0.15) is 11.5 Å². The Balaban J connectivity index is 1.62. The van der Waals surface area contributed by atoms with E-state index in [2.05, 4.69) is 39.7 Å². The molecule has 4 nitrogen and oxygen atoms in total. The van der Waals surface area contributed by atoms with Crippen molar-refractivity contribution in [2.75, 3.05) is 13.1 Å². The van der Waals surface area contributed by atoms with Crippen LogP contribution in [0.25, 0.3) is 6.08 Å². The van der Waals surface area contributed by atoms with E-state index >= 15 is 0 Å². The van der Waals surface area contributed by atoms with Gasteiger partial charge < -0.3 is 9.84 Å². The third-order valence-electron chi connectivity index (χ3n) is 2.29. The lowest BCUT2D eigenvalue weighted by Crippen LogP contribution is -2.17. The van der Waals surface area contributed by atoms with Crippen molar-refractivity contribution in [1.82, 2.24) is 15.5 Å². The van der Waals surface area contributed by atoms with Gasteiger partial charge in [-0.1, -0.05) is 47.6 Å². The molecule has 88 valence electrons. The average molecular weight is 229 g/mol. The van der Waals surface area contributed by atoms with Crippen LogP contribution in [-0.4, -0.2) is 23.2 Å². The second kappa shape index (κ2) is 6.60. The Morgan fingerprint density at radius 2 is 2.12 bits per heavy atom. The molecule has 2 aromatic rings. The number of benzene rings is 1. The second-order valence-corrected chi connectivity index (χ2v) is 3.60. The van der Waals surface area contributed by atoms with Crippen LogP contribution in [0, 0.1) is 0 Å². The highest BCUT2D eigenvalue weighted by Gasteiger charge is 1.96. The third kappa shape index (κ3) is 4.20. The van der Waals surface area contributed by atoms with Gasteiger partial charge in [-0.05, 0) is 5.56 Å². The SMILES string of the molecule is C(=C\c1ccccc1)/CNCCc1ncno1. The van der Waals surface area contributed by atoms with Crippen LogP contribution in [0.15, 0.2) is 47.3 Å². The first-order valence-corrected chi connectivity index (χ1v) is 5.63. The number of aromatic nitrogens is 2. The van der Waals surface area contributed by atoms with E-state index in [0.717, 1.165) is 19.5 Å². The van der Waals surface area contributed by atoms with Crippen molar-refractivity contribution in [2.24, 2.45) is 0 Å². The highest BCUT2D eigenvalue weighted by atomic mass is 16.5. The quantitative estimate of drug-likeness (QED) is 0.769. The van der Waals surface area contributed by atoms with Crippen molar-refractivity contribution in [2.45, 2.75) is 6.42 Å². The smallest absolute Gasteiger partial charge is 0.227 e. The van der Waals surface area contributed by atoms with E-state index in [9.17, 15) is 0 Å². The summed E-state index contributed by atoms with van der Waals surface area (Å²) in [5.41, 5.74) is 1.21. The van der Waals surface area contributed by atoms with Crippen molar-refractivity contribution in [3.05, 3.63) is 54.2 Å². The first-order valence-electron chi connectivity index (χ1n) is 5.63. The molecule has 0 atom stereocenters. The number of nitrogens with zero attached hydrogens (tertiary/aromatic N) is 2. The summed E-state index contributed by atoms with van der Waals surface area (Å²) in [4.78, 5) is 3.95. The molecule has 0 saturated carbocycles. The van der Waals surface area contributed by atoms with E-state index in [-0.39, 0.29) is 0 Å². The maximum absolute atomic E-state index is 4.89. The van der Waals surface area contributed by atoms with Gasteiger partial charge in [0.2, 0.25) is 5.89 Å². The van der Waals surface area contributed by atoms with Crippen molar-refractivity contribution >= 4 is 6.08 Å². The molecule has 0 bridgehead atoms. The highest BCUT2D eigenvalue weighted by molar-refractivity contribution is 5.48. The zero-order chi connectivity index (χ0) is 11.8. The fourth-order valence-electron chi connectivity index (χ4n) is 1.45. The van der Waals surface area contributed by atoms with Crippen LogP contribution in [0.4, 0.5) is 0 Å². The maximum Gasteiger partial charge on any atom is 0.227 e. The molecule has 0 fully saturated rings. The van der Waals surface area contributed by atoms with Gasteiger partial charge in [0, 0.05) is 19.5 Å². The molecule has 1 heterocycles. The Morgan fingerprint density at radius 3 is 2.88 bits per heavy atom. The predicted molar refractivity (Wildman–Crippen MR) is 66.3 cm³/mol. The van der Waals surface area contributed by atoms with E-state index in [1.54, 1.807) is 0 Å². The minimum atomic E-state index is 0.671. The zero-order valence-corrected chi connectivity index (χ0v) is 9.54. The summed E-state index contributed by atoms with van der Waals surface area (Å²) in [6, 6.07) is 10.2. The van der Waals surface area contributed by atoms with Gasteiger partial charge in [0.25, 0.3) is 0 Å². The minimum absolute atomic E-state index is 0.671. The fourth-order valence-corrected chi connectivity index (χ4v) is 1.45. The van der Waals surface area contributed by atoms with Crippen LogP contribution in [-0.2, 0) is 6.42 Å². The molecule has 2 rings (SSSR count). The Morgan fingerprint density at radius 1 is 1.24 bits per heavy atom. The molecule has 1 N–H and O–H groups in total. The van der Waals surface area contributed by atoms with Gasteiger partial charge in [-0.3, -0.25) is 0 Å². The Kier molecular flexibility index (Phi) is 4.48. The van der Waals surface area contributed by atoms with E-state index < -0.39 is 0 Å². The highest BCUT2D eigenvalue weighted by Crippen LogP contribution is 1.99. The first-order chi connectivity index (χ1) is 8.45. The van der Waals surface area contributed by atoms with Crippen LogP contribution in [0.2, 0.25) is 0 Å². The summed E-state index contributed by atoms with van der Waals surface area (Å²) in [5, 5.41) is 6.83. The Hall–Kier alpha value is -1.94. The number of rotatable bonds is 6. The monoisotopic (exact) mass is 229 g/mol. The summed E-state index contributed by atoms with van der Waals surface area (Å²) >= 11 is 0. The molecule has 17 heavy (non-hydrogen) atoms. The molecular weight excluding hydrogens is 214 g/mol. The number of hydrogen-bond acceptors (Lipinski definition) is 4. The summed E-state index contributed by atoms with van der Waals surface area (Å²) in [7, 11) is 0. The minimum Gasteiger partial charge on any atom is -0.340 e. The Bertz CT molecular complexity index is 437. The molecule has 0 aliphatic carbocycles. The average Bonchev–Trinajstić information content (AvgIpc) is 2.88. The van der Waals surface area contributed by atoms with Gasteiger partial charge in [0.05, 0.1) is 0 Å². The molecule has 4 heteroatoms. The summed E-state index contributed by atoms with van der Waals surface area (Å²) in [6.07, 6.45) is 6.38. The molecule has 0 unspecified atom stereocenters. The molecule has 0 saturated heterocycles. The van der Waals surface area contributed by atoms with Gasteiger partial charge in [0.15, 0.2) is 6.33 Å². The van der Waals surface area contributed by atoms with Crippen LogP contribution in [0.5, 0.6) is 0 Å². The van der Waals surface area contributed by atoms with Crippen LogP contribution in [0.3, 0.4) is 0 Å². The van der Waals surface area contributed by atoms with Crippen LogP contribution < -0.4 is 5.32 Å². The Labute approximate surface area is 100 Å². The third-order valence-corrected chi connectivity index (χ3v) is 2.29. The fraction of sp³-hybridized carbons (Fsp3) is 0.231. The normalized spacial score (nSPS) is 11.1. The molecular formula is C13H15N3O. The molecule has 0 aliphatic rings. The standard InChI is InChI=1S/C13H15N3O/c1-2-5-12(6-3-1)7-4-9-14-10-8-13-15-11-16-17-13/h1-7,11,14H,8-10H2/b7-4+. The van der Waals surface area contributed by atoms with Crippen molar-refractivity contribution in [1.29, 1.82) is 0 Å². The summed E-state index contributed by atoms with van der Waals surface area (Å²) in [6.45, 7) is 1.67. The van der Waals surface area contributed by atoms with Gasteiger partial charge >= 0.3 is 0 Å². The molecule has 0 aliphatic heterocycles. The summed E-state index contributed by atoms with van der Waals surface area (Å²) in [5.74, 6) is 0.671. The largest absolute Gasteiger partial charge is 0.340 e. The van der Waals surface area contributed by atoms with Crippen molar-refractivity contribution in [3.8, 4) is 0 Å².